The zero-order valence-electron chi connectivity index (χ0n) is 6.27. The molecule has 0 aliphatic carbocycles. The lowest BCUT2D eigenvalue weighted by atomic mass is 10.2. The van der Waals surface area contributed by atoms with Crippen LogP contribution in [0.2, 0.25) is 0 Å². The van der Waals surface area contributed by atoms with Crippen molar-refractivity contribution in [2.75, 3.05) is 0 Å². The van der Waals surface area contributed by atoms with Gasteiger partial charge in [-0.3, -0.25) is 0 Å². The van der Waals surface area contributed by atoms with Crippen LogP contribution in [0.3, 0.4) is 0 Å². The Labute approximate surface area is 75.9 Å². The highest BCUT2D eigenvalue weighted by atomic mass is 32.1. The Kier molecular flexibility index (Phi) is 2.94. The number of hydrogen-bond donors (Lipinski definition) is 2. The first-order valence-electron chi connectivity index (χ1n) is 3.38. The highest BCUT2D eigenvalue weighted by Gasteiger charge is 1.88. The molecule has 0 atom stereocenters. The molecule has 0 amide bonds. The van der Waals surface area contributed by atoms with Gasteiger partial charge in [0.05, 0.1) is 0 Å². The molecule has 0 bridgehead atoms. The molecule has 0 aliphatic heterocycles. The lowest BCUT2D eigenvalue weighted by Gasteiger charge is -1.92. The topological polar surface area (TPSA) is 37.3 Å². The van der Waals surface area contributed by atoms with Crippen molar-refractivity contribution in [2.45, 2.75) is 4.90 Å². The summed E-state index contributed by atoms with van der Waals surface area (Å²) in [6.45, 7) is 0. The van der Waals surface area contributed by atoms with Gasteiger partial charge in [-0.2, -0.15) is 0 Å². The molecule has 0 fully saturated rings. The number of rotatable bonds is 2. The lowest BCUT2D eigenvalue weighted by molar-refractivity contribution is -0.131. The molecule has 0 unspecified atom stereocenters. The van der Waals surface area contributed by atoms with Crippen molar-refractivity contribution < 1.29 is 9.90 Å². The zero-order valence-corrected chi connectivity index (χ0v) is 7.16. The van der Waals surface area contributed by atoms with Gasteiger partial charge in [-0.25, -0.2) is 4.79 Å². The van der Waals surface area contributed by atoms with E-state index in [0.717, 1.165) is 16.5 Å². The minimum atomic E-state index is -0.940. The predicted octanol–water partition coefficient (Wildman–Crippen LogP) is 2.07. The van der Waals surface area contributed by atoms with Gasteiger partial charge >= 0.3 is 5.97 Å². The van der Waals surface area contributed by atoms with E-state index in [4.69, 9.17) is 5.11 Å². The first-order valence-corrected chi connectivity index (χ1v) is 3.83. The molecule has 1 rings (SSSR count). The van der Waals surface area contributed by atoms with Gasteiger partial charge in [0.25, 0.3) is 0 Å². The second-order valence-electron chi connectivity index (χ2n) is 2.26. The van der Waals surface area contributed by atoms with Crippen LogP contribution in [0.4, 0.5) is 0 Å². The highest BCUT2D eigenvalue weighted by Crippen LogP contribution is 2.08. The predicted molar refractivity (Wildman–Crippen MR) is 50.4 cm³/mol. The molecule has 62 valence electrons. The van der Waals surface area contributed by atoms with Crippen molar-refractivity contribution in [1.82, 2.24) is 0 Å². The summed E-state index contributed by atoms with van der Waals surface area (Å²) in [5.41, 5.74) is 0.857. The summed E-state index contributed by atoms with van der Waals surface area (Å²) in [6.07, 6.45) is 2.64. The normalized spacial score (nSPS) is 10.4. The summed E-state index contributed by atoms with van der Waals surface area (Å²) in [5.74, 6) is -0.940. The number of carboxylic acid groups (broad SMARTS) is 1. The lowest BCUT2D eigenvalue weighted by Crippen LogP contribution is -1.85. The standard InChI is InChI=1S/C9H8O2S/c10-9(11)6-3-7-1-4-8(12)5-2-7/h1-6,12H,(H,10,11)/b6-3+. The third kappa shape index (κ3) is 2.80. The number of thiol groups is 1. The second-order valence-corrected chi connectivity index (χ2v) is 2.78. The molecule has 2 nitrogen and oxygen atoms in total. The summed E-state index contributed by atoms with van der Waals surface area (Å²) in [5, 5.41) is 8.33. The monoisotopic (exact) mass is 180 g/mol. The largest absolute Gasteiger partial charge is 0.478 e. The van der Waals surface area contributed by atoms with Crippen LogP contribution in [0.5, 0.6) is 0 Å². The van der Waals surface area contributed by atoms with Gasteiger partial charge in [-0.15, -0.1) is 12.6 Å². The molecular weight excluding hydrogens is 172 g/mol. The number of hydrogen-bond acceptors (Lipinski definition) is 2. The number of carbonyl (C=O) groups is 1. The number of benzene rings is 1. The first-order chi connectivity index (χ1) is 5.68. The van der Waals surface area contributed by atoms with Gasteiger partial charge in [-0.05, 0) is 23.8 Å². The summed E-state index contributed by atoms with van der Waals surface area (Å²) >= 11 is 4.10. The average Bonchev–Trinajstić information content (AvgIpc) is 2.03. The molecule has 1 aromatic rings. The molecule has 0 aromatic heterocycles. The molecule has 12 heavy (non-hydrogen) atoms. The maximum Gasteiger partial charge on any atom is 0.328 e. The molecule has 0 heterocycles. The molecule has 0 aliphatic rings. The Balaban J connectivity index is 2.77. The van der Waals surface area contributed by atoms with Crippen LogP contribution >= 0.6 is 12.6 Å². The maximum absolute atomic E-state index is 10.1. The Hall–Kier alpha value is -1.22. The van der Waals surface area contributed by atoms with E-state index in [9.17, 15) is 4.79 Å². The van der Waals surface area contributed by atoms with Crippen molar-refractivity contribution in [3.05, 3.63) is 35.9 Å². The smallest absolute Gasteiger partial charge is 0.328 e. The van der Waals surface area contributed by atoms with E-state index in [1.807, 2.05) is 24.3 Å². The molecule has 1 aromatic carbocycles. The fraction of sp³-hybridized carbons (Fsp3) is 0. The van der Waals surface area contributed by atoms with Crippen LogP contribution in [-0.2, 0) is 4.79 Å². The van der Waals surface area contributed by atoms with Crippen LogP contribution in [0.25, 0.3) is 6.08 Å². The van der Waals surface area contributed by atoms with Gasteiger partial charge in [0.2, 0.25) is 0 Å². The second kappa shape index (κ2) is 3.97. The van der Waals surface area contributed by atoms with E-state index < -0.39 is 5.97 Å². The Morgan fingerprint density at radius 3 is 2.42 bits per heavy atom. The number of aliphatic carboxylic acids is 1. The fourth-order valence-corrected chi connectivity index (χ4v) is 0.902. The van der Waals surface area contributed by atoms with Gasteiger partial charge in [0.15, 0.2) is 0 Å². The SMILES string of the molecule is O=C(O)/C=C/c1ccc(S)cc1. The van der Waals surface area contributed by atoms with Crippen LogP contribution in [0.1, 0.15) is 5.56 Å². The summed E-state index contributed by atoms with van der Waals surface area (Å²) < 4.78 is 0. The highest BCUT2D eigenvalue weighted by molar-refractivity contribution is 7.80. The van der Waals surface area contributed by atoms with Crippen molar-refractivity contribution >= 4 is 24.7 Å². The molecule has 3 heteroatoms. The van der Waals surface area contributed by atoms with E-state index in [2.05, 4.69) is 12.6 Å². The van der Waals surface area contributed by atoms with E-state index in [0.29, 0.717) is 0 Å². The number of carboxylic acids is 1. The third-order valence-corrected chi connectivity index (χ3v) is 1.61. The average molecular weight is 180 g/mol. The molecule has 0 spiro atoms. The van der Waals surface area contributed by atoms with Gasteiger partial charge < -0.3 is 5.11 Å². The first kappa shape index (κ1) is 8.87. The van der Waals surface area contributed by atoms with E-state index in [1.54, 1.807) is 0 Å². The molecule has 0 saturated heterocycles. The quantitative estimate of drug-likeness (QED) is 0.540. The van der Waals surface area contributed by atoms with Crippen molar-refractivity contribution in [3.8, 4) is 0 Å². The van der Waals surface area contributed by atoms with Gasteiger partial charge in [-0.1, -0.05) is 12.1 Å². The van der Waals surface area contributed by atoms with Crippen molar-refractivity contribution in [1.29, 1.82) is 0 Å². The molecule has 0 saturated carbocycles. The van der Waals surface area contributed by atoms with E-state index in [1.165, 1.54) is 6.08 Å². The third-order valence-electron chi connectivity index (χ3n) is 1.31. The summed E-state index contributed by atoms with van der Waals surface area (Å²) in [4.78, 5) is 11.0. The van der Waals surface area contributed by atoms with Crippen molar-refractivity contribution in [2.24, 2.45) is 0 Å². The van der Waals surface area contributed by atoms with Crippen molar-refractivity contribution in [3.63, 3.8) is 0 Å². The maximum atomic E-state index is 10.1. The molecular formula is C9H8O2S. The van der Waals surface area contributed by atoms with E-state index >= 15 is 0 Å². The Morgan fingerprint density at radius 2 is 1.92 bits per heavy atom. The summed E-state index contributed by atoms with van der Waals surface area (Å²) in [7, 11) is 0. The van der Waals surface area contributed by atoms with Crippen LogP contribution < -0.4 is 0 Å². The van der Waals surface area contributed by atoms with Crippen LogP contribution in [0.15, 0.2) is 35.2 Å². The Bertz CT molecular complexity index is 301. The van der Waals surface area contributed by atoms with E-state index in [-0.39, 0.29) is 0 Å². The van der Waals surface area contributed by atoms with Gasteiger partial charge in [0.1, 0.15) is 0 Å². The van der Waals surface area contributed by atoms with Crippen LogP contribution in [0, 0.1) is 0 Å². The fourth-order valence-electron chi connectivity index (χ4n) is 0.753. The zero-order chi connectivity index (χ0) is 8.97. The Morgan fingerprint density at radius 1 is 1.33 bits per heavy atom. The minimum absolute atomic E-state index is 0.857. The molecule has 0 radical (unpaired) electrons. The minimum Gasteiger partial charge on any atom is -0.478 e. The summed E-state index contributed by atoms with van der Waals surface area (Å²) in [6, 6.07) is 7.23. The van der Waals surface area contributed by atoms with Crippen LogP contribution in [-0.4, -0.2) is 11.1 Å². The molecule has 1 N–H and O–H groups in total. The van der Waals surface area contributed by atoms with Gasteiger partial charge in [0, 0.05) is 11.0 Å².